The number of nitrogens with one attached hydrogen (secondary N) is 3. The van der Waals surface area contributed by atoms with Gasteiger partial charge in [-0.3, -0.25) is 9.89 Å². The first-order valence-electron chi connectivity index (χ1n) is 4.84. The first kappa shape index (κ1) is 9.21. The summed E-state index contributed by atoms with van der Waals surface area (Å²) in [6.07, 6.45) is 2.72. The van der Waals surface area contributed by atoms with E-state index in [1.165, 1.54) is 0 Å². The number of aromatic amines is 1. The fourth-order valence-electron chi connectivity index (χ4n) is 1.60. The summed E-state index contributed by atoms with van der Waals surface area (Å²) in [5.41, 5.74) is 0.524. The van der Waals surface area contributed by atoms with E-state index in [9.17, 15) is 4.79 Å². The number of H-pyrrole nitrogens is 1. The summed E-state index contributed by atoms with van der Waals surface area (Å²) in [6, 6.07) is 1.67. The molecule has 5 nitrogen and oxygen atoms in total. The van der Waals surface area contributed by atoms with Gasteiger partial charge >= 0.3 is 0 Å². The Balaban J connectivity index is 1.78. The van der Waals surface area contributed by atoms with Crippen molar-refractivity contribution in [1.29, 1.82) is 0 Å². The Morgan fingerprint density at radius 3 is 3.29 bits per heavy atom. The van der Waals surface area contributed by atoms with E-state index >= 15 is 0 Å². The highest BCUT2D eigenvalue weighted by Gasteiger charge is 2.15. The zero-order chi connectivity index (χ0) is 9.80. The van der Waals surface area contributed by atoms with Crippen molar-refractivity contribution >= 4 is 5.91 Å². The molecule has 0 saturated carbocycles. The molecule has 1 unspecified atom stereocenters. The fourth-order valence-corrected chi connectivity index (χ4v) is 1.60. The molecule has 1 fully saturated rings. The molecule has 0 bridgehead atoms. The Morgan fingerprint density at radius 1 is 1.71 bits per heavy atom. The number of aromatic nitrogens is 2. The Labute approximate surface area is 82.3 Å². The van der Waals surface area contributed by atoms with Crippen molar-refractivity contribution in [1.82, 2.24) is 20.8 Å². The topological polar surface area (TPSA) is 69.8 Å². The molecule has 2 heterocycles. The van der Waals surface area contributed by atoms with Gasteiger partial charge in [0.1, 0.15) is 5.69 Å². The van der Waals surface area contributed by atoms with Crippen molar-refractivity contribution in [3.8, 4) is 0 Å². The number of hydrogen-bond donors (Lipinski definition) is 3. The molecule has 1 aromatic heterocycles. The zero-order valence-corrected chi connectivity index (χ0v) is 7.92. The van der Waals surface area contributed by atoms with Crippen LogP contribution < -0.4 is 10.6 Å². The van der Waals surface area contributed by atoms with E-state index in [1.54, 1.807) is 12.3 Å². The summed E-state index contributed by atoms with van der Waals surface area (Å²) in [6.45, 7) is 2.80. The summed E-state index contributed by atoms with van der Waals surface area (Å²) in [5, 5.41) is 12.5. The number of nitrogens with zero attached hydrogens (tertiary/aromatic N) is 1. The minimum atomic E-state index is -0.0746. The second-order valence-electron chi connectivity index (χ2n) is 3.54. The monoisotopic (exact) mass is 194 g/mol. The van der Waals surface area contributed by atoms with Crippen LogP contribution in [-0.2, 0) is 0 Å². The van der Waals surface area contributed by atoms with Crippen molar-refractivity contribution in [3.63, 3.8) is 0 Å². The van der Waals surface area contributed by atoms with Crippen LogP contribution in [0.3, 0.4) is 0 Å². The Morgan fingerprint density at radius 2 is 2.64 bits per heavy atom. The summed E-state index contributed by atoms with van der Waals surface area (Å²) in [7, 11) is 0. The number of rotatable bonds is 3. The smallest absolute Gasteiger partial charge is 0.269 e. The minimum absolute atomic E-state index is 0.0746. The molecule has 1 aliphatic heterocycles. The first-order chi connectivity index (χ1) is 6.86. The molecule has 2 rings (SSSR count). The largest absolute Gasteiger partial charge is 0.350 e. The average Bonchev–Trinajstić information content (AvgIpc) is 2.87. The normalized spacial score (nSPS) is 21.0. The highest BCUT2D eigenvalue weighted by Crippen LogP contribution is 2.05. The van der Waals surface area contributed by atoms with Gasteiger partial charge in [0.05, 0.1) is 0 Å². The van der Waals surface area contributed by atoms with E-state index in [2.05, 4.69) is 20.8 Å². The molecule has 5 heteroatoms. The molecule has 1 saturated heterocycles. The van der Waals surface area contributed by atoms with E-state index in [0.29, 0.717) is 11.6 Å². The number of amides is 1. The van der Waals surface area contributed by atoms with Crippen molar-refractivity contribution in [2.75, 3.05) is 19.6 Å². The van der Waals surface area contributed by atoms with Gasteiger partial charge in [0.15, 0.2) is 0 Å². The van der Waals surface area contributed by atoms with Gasteiger partial charge in [0.2, 0.25) is 0 Å². The Bertz CT molecular complexity index is 290. The molecular formula is C9H14N4O. The molecule has 76 valence electrons. The lowest BCUT2D eigenvalue weighted by molar-refractivity contribution is 0.0943. The molecule has 14 heavy (non-hydrogen) atoms. The molecule has 0 aromatic carbocycles. The van der Waals surface area contributed by atoms with Crippen molar-refractivity contribution in [2.24, 2.45) is 5.92 Å². The molecule has 1 atom stereocenters. The summed E-state index contributed by atoms with van der Waals surface area (Å²) >= 11 is 0. The third kappa shape index (κ3) is 2.11. The average molecular weight is 194 g/mol. The molecule has 1 aliphatic rings. The summed E-state index contributed by atoms with van der Waals surface area (Å²) < 4.78 is 0. The maximum Gasteiger partial charge on any atom is 0.269 e. The van der Waals surface area contributed by atoms with Crippen LogP contribution in [0.1, 0.15) is 16.9 Å². The van der Waals surface area contributed by atoms with E-state index in [-0.39, 0.29) is 5.91 Å². The van der Waals surface area contributed by atoms with Gasteiger partial charge in [0, 0.05) is 12.7 Å². The minimum Gasteiger partial charge on any atom is -0.350 e. The van der Waals surface area contributed by atoms with E-state index in [0.717, 1.165) is 26.1 Å². The lowest BCUT2D eigenvalue weighted by atomic mass is 10.1. The highest BCUT2D eigenvalue weighted by atomic mass is 16.1. The van der Waals surface area contributed by atoms with Crippen molar-refractivity contribution in [2.45, 2.75) is 6.42 Å². The first-order valence-corrected chi connectivity index (χ1v) is 4.84. The number of hydrogen-bond acceptors (Lipinski definition) is 3. The second-order valence-corrected chi connectivity index (χ2v) is 3.54. The maximum atomic E-state index is 11.5. The van der Waals surface area contributed by atoms with Crippen LogP contribution in [0.25, 0.3) is 0 Å². The Kier molecular flexibility index (Phi) is 2.78. The van der Waals surface area contributed by atoms with Gasteiger partial charge in [-0.05, 0) is 31.5 Å². The van der Waals surface area contributed by atoms with Crippen LogP contribution >= 0.6 is 0 Å². The third-order valence-electron chi connectivity index (χ3n) is 2.46. The molecule has 3 N–H and O–H groups in total. The molecule has 1 amide bonds. The quantitative estimate of drug-likeness (QED) is 0.621. The number of carbonyl (C=O) groups excluding carboxylic acids is 1. The third-order valence-corrected chi connectivity index (χ3v) is 2.46. The zero-order valence-electron chi connectivity index (χ0n) is 7.92. The van der Waals surface area contributed by atoms with Gasteiger partial charge in [-0.25, -0.2) is 0 Å². The predicted octanol–water partition coefficient (Wildman–Crippen LogP) is -0.251. The van der Waals surface area contributed by atoms with Gasteiger partial charge in [-0.2, -0.15) is 5.10 Å². The molecule has 0 spiro atoms. The SMILES string of the molecule is O=C(NCC1CCNC1)c1ccn[nH]1. The van der Waals surface area contributed by atoms with Gasteiger partial charge in [-0.15, -0.1) is 0 Å². The van der Waals surface area contributed by atoms with Crippen LogP contribution in [0, 0.1) is 5.92 Å². The van der Waals surface area contributed by atoms with Crippen LogP contribution in [0.5, 0.6) is 0 Å². The second kappa shape index (κ2) is 4.23. The van der Waals surface area contributed by atoms with Gasteiger partial charge < -0.3 is 10.6 Å². The predicted molar refractivity (Wildman–Crippen MR) is 51.9 cm³/mol. The lowest BCUT2D eigenvalue weighted by Crippen LogP contribution is -2.30. The van der Waals surface area contributed by atoms with Crippen molar-refractivity contribution in [3.05, 3.63) is 18.0 Å². The van der Waals surface area contributed by atoms with E-state index in [4.69, 9.17) is 0 Å². The summed E-state index contributed by atoms with van der Waals surface area (Å²) in [4.78, 5) is 11.5. The highest BCUT2D eigenvalue weighted by molar-refractivity contribution is 5.92. The molecule has 1 aromatic rings. The van der Waals surface area contributed by atoms with Crippen molar-refractivity contribution < 1.29 is 4.79 Å². The van der Waals surface area contributed by atoms with E-state index < -0.39 is 0 Å². The fraction of sp³-hybridized carbons (Fsp3) is 0.556. The van der Waals surface area contributed by atoms with Gasteiger partial charge in [0.25, 0.3) is 5.91 Å². The lowest BCUT2D eigenvalue weighted by Gasteiger charge is -2.08. The molecular weight excluding hydrogens is 180 g/mol. The Hall–Kier alpha value is -1.36. The van der Waals surface area contributed by atoms with Crippen LogP contribution in [0.4, 0.5) is 0 Å². The maximum absolute atomic E-state index is 11.5. The van der Waals surface area contributed by atoms with Crippen LogP contribution in [0.15, 0.2) is 12.3 Å². The molecule has 0 radical (unpaired) electrons. The van der Waals surface area contributed by atoms with Crippen LogP contribution in [-0.4, -0.2) is 35.7 Å². The van der Waals surface area contributed by atoms with Gasteiger partial charge in [-0.1, -0.05) is 0 Å². The summed E-state index contributed by atoms with van der Waals surface area (Å²) in [5.74, 6) is 0.497. The standard InChI is InChI=1S/C9H14N4O/c14-9(8-2-4-12-13-8)11-6-7-1-3-10-5-7/h2,4,7,10H,1,3,5-6H2,(H,11,14)(H,12,13). The van der Waals surface area contributed by atoms with E-state index in [1.807, 2.05) is 0 Å². The van der Waals surface area contributed by atoms with Crippen LogP contribution in [0.2, 0.25) is 0 Å². The number of carbonyl (C=O) groups is 1. The molecule has 0 aliphatic carbocycles.